The number of rotatable bonds is 2. The predicted octanol–water partition coefficient (Wildman–Crippen LogP) is 6.82. The standard InChI is InChI=1S/C22H13BrClF5N4/c23-14-3-2-12(17(25)18(14)26)20-19-11(13-9-10(24)1-4-15(13)31-19)6-8-33(20)21-30-7-5-16(32-21)22(27,28)29/h1-5,7,9,20,31H,6,8H2. The molecule has 1 atom stereocenters. The minimum Gasteiger partial charge on any atom is -0.356 e. The van der Waals surface area contributed by atoms with E-state index in [0.717, 1.165) is 28.7 Å². The Morgan fingerprint density at radius 1 is 1.09 bits per heavy atom. The normalized spacial score (nSPS) is 16.3. The molecule has 0 bridgehead atoms. The Morgan fingerprint density at radius 3 is 2.64 bits per heavy atom. The summed E-state index contributed by atoms with van der Waals surface area (Å²) in [5.74, 6) is -2.44. The van der Waals surface area contributed by atoms with Crippen molar-refractivity contribution in [1.29, 1.82) is 0 Å². The van der Waals surface area contributed by atoms with Crippen LogP contribution in [0.1, 0.15) is 28.6 Å². The zero-order chi connectivity index (χ0) is 23.5. The number of fused-ring (bicyclic) bond motifs is 3. The number of nitrogens with one attached hydrogen (secondary N) is 1. The van der Waals surface area contributed by atoms with E-state index in [1.165, 1.54) is 17.0 Å². The summed E-state index contributed by atoms with van der Waals surface area (Å²) >= 11 is 9.12. The van der Waals surface area contributed by atoms with Gasteiger partial charge >= 0.3 is 6.18 Å². The summed E-state index contributed by atoms with van der Waals surface area (Å²) in [5.41, 5.74) is 0.876. The first-order valence-corrected chi connectivity index (χ1v) is 10.9. The van der Waals surface area contributed by atoms with Gasteiger partial charge in [0.25, 0.3) is 0 Å². The van der Waals surface area contributed by atoms with Gasteiger partial charge in [0.05, 0.1) is 4.47 Å². The molecule has 170 valence electrons. The van der Waals surface area contributed by atoms with Gasteiger partial charge in [-0.3, -0.25) is 0 Å². The van der Waals surface area contributed by atoms with E-state index >= 15 is 4.39 Å². The number of aromatic amines is 1. The van der Waals surface area contributed by atoms with Crippen LogP contribution in [-0.4, -0.2) is 21.5 Å². The Balaban J connectivity index is 1.74. The van der Waals surface area contributed by atoms with Crippen LogP contribution in [0.15, 0.2) is 47.1 Å². The first-order valence-electron chi connectivity index (χ1n) is 9.75. The molecule has 2 aromatic carbocycles. The molecule has 0 aliphatic carbocycles. The van der Waals surface area contributed by atoms with Gasteiger partial charge in [-0.25, -0.2) is 18.7 Å². The van der Waals surface area contributed by atoms with Crippen molar-refractivity contribution < 1.29 is 22.0 Å². The molecule has 1 aliphatic rings. The van der Waals surface area contributed by atoms with Crippen molar-refractivity contribution in [2.75, 3.05) is 11.4 Å². The number of alkyl halides is 3. The molecule has 4 aromatic rings. The van der Waals surface area contributed by atoms with E-state index in [1.54, 1.807) is 18.2 Å². The SMILES string of the molecule is Fc1c(Br)ccc(C2c3[nH]c4ccc(Cl)cc4c3CCN2c2nccc(C(F)(F)F)n2)c1F. The third-order valence-corrected chi connectivity index (χ3v) is 6.49. The fourth-order valence-corrected chi connectivity index (χ4v) is 4.67. The van der Waals surface area contributed by atoms with Crippen molar-refractivity contribution >= 4 is 44.4 Å². The van der Waals surface area contributed by atoms with Crippen molar-refractivity contribution in [1.82, 2.24) is 15.0 Å². The second-order valence-electron chi connectivity index (χ2n) is 7.56. The maximum atomic E-state index is 15.1. The zero-order valence-electron chi connectivity index (χ0n) is 16.5. The zero-order valence-corrected chi connectivity index (χ0v) is 18.9. The molecule has 11 heteroatoms. The molecule has 2 aromatic heterocycles. The van der Waals surface area contributed by atoms with Gasteiger partial charge in [-0.1, -0.05) is 17.7 Å². The van der Waals surface area contributed by atoms with E-state index in [2.05, 4.69) is 30.9 Å². The average molecular weight is 544 g/mol. The molecule has 3 heterocycles. The first kappa shape index (κ1) is 22.1. The molecule has 0 saturated heterocycles. The van der Waals surface area contributed by atoms with Crippen LogP contribution in [0.2, 0.25) is 5.02 Å². The van der Waals surface area contributed by atoms with Crippen molar-refractivity contribution in [3.05, 3.63) is 86.2 Å². The summed E-state index contributed by atoms with van der Waals surface area (Å²) in [6.45, 7) is 0.176. The van der Waals surface area contributed by atoms with Gasteiger partial charge in [-0.2, -0.15) is 13.2 Å². The van der Waals surface area contributed by atoms with Crippen LogP contribution >= 0.6 is 27.5 Å². The second kappa shape index (κ2) is 7.95. The molecule has 33 heavy (non-hydrogen) atoms. The molecule has 0 amide bonds. The fraction of sp³-hybridized carbons (Fsp3) is 0.182. The summed E-state index contributed by atoms with van der Waals surface area (Å²) in [5, 5.41) is 1.32. The number of anilines is 1. The lowest BCUT2D eigenvalue weighted by Gasteiger charge is -2.36. The Kier molecular flexibility index (Phi) is 5.32. The summed E-state index contributed by atoms with van der Waals surface area (Å²) in [4.78, 5) is 12.4. The van der Waals surface area contributed by atoms with Gasteiger partial charge in [0.2, 0.25) is 5.95 Å². The highest BCUT2D eigenvalue weighted by atomic mass is 79.9. The number of nitrogens with zero attached hydrogens (tertiary/aromatic N) is 3. The summed E-state index contributed by atoms with van der Waals surface area (Å²) in [6.07, 6.45) is -3.27. The molecule has 5 rings (SSSR count). The third-order valence-electron chi connectivity index (χ3n) is 5.64. The van der Waals surface area contributed by atoms with E-state index in [-0.39, 0.29) is 22.5 Å². The maximum absolute atomic E-state index is 15.1. The molecule has 0 fully saturated rings. The molecule has 0 spiro atoms. The Labute approximate surface area is 197 Å². The average Bonchev–Trinajstić information content (AvgIpc) is 3.15. The van der Waals surface area contributed by atoms with E-state index in [0.29, 0.717) is 17.1 Å². The van der Waals surface area contributed by atoms with E-state index in [9.17, 15) is 17.6 Å². The Morgan fingerprint density at radius 2 is 1.88 bits per heavy atom. The molecule has 1 aliphatic heterocycles. The van der Waals surface area contributed by atoms with Crippen molar-refractivity contribution in [3.8, 4) is 0 Å². The molecular weight excluding hydrogens is 531 g/mol. The lowest BCUT2D eigenvalue weighted by atomic mass is 9.92. The topological polar surface area (TPSA) is 44.8 Å². The minimum atomic E-state index is -4.68. The van der Waals surface area contributed by atoms with Gasteiger partial charge in [0.1, 0.15) is 11.7 Å². The number of benzene rings is 2. The number of hydrogen-bond donors (Lipinski definition) is 1. The maximum Gasteiger partial charge on any atom is 0.433 e. The van der Waals surface area contributed by atoms with E-state index in [1.807, 2.05) is 0 Å². The smallest absolute Gasteiger partial charge is 0.356 e. The van der Waals surface area contributed by atoms with E-state index < -0.39 is 29.5 Å². The monoisotopic (exact) mass is 542 g/mol. The molecule has 1 N–H and O–H groups in total. The van der Waals surface area contributed by atoms with Crippen LogP contribution in [0, 0.1) is 11.6 Å². The van der Waals surface area contributed by atoms with E-state index in [4.69, 9.17) is 11.6 Å². The fourth-order valence-electron chi connectivity index (χ4n) is 4.20. The van der Waals surface area contributed by atoms with Crippen LogP contribution in [0.4, 0.5) is 27.9 Å². The quantitative estimate of drug-likeness (QED) is 0.223. The minimum absolute atomic E-state index is 0.0599. The van der Waals surface area contributed by atoms with Gasteiger partial charge in [-0.05, 0) is 58.2 Å². The highest BCUT2D eigenvalue weighted by Gasteiger charge is 2.38. The molecule has 0 saturated carbocycles. The number of hydrogen-bond acceptors (Lipinski definition) is 3. The Hall–Kier alpha value is -2.72. The predicted molar refractivity (Wildman–Crippen MR) is 117 cm³/mol. The molecule has 1 unspecified atom stereocenters. The van der Waals surface area contributed by atoms with Crippen LogP contribution in [0.5, 0.6) is 0 Å². The number of aromatic nitrogens is 3. The van der Waals surface area contributed by atoms with Crippen molar-refractivity contribution in [2.45, 2.75) is 18.6 Å². The Bertz CT molecular complexity index is 1390. The summed E-state index contributed by atoms with van der Waals surface area (Å²) < 4.78 is 69.4. The van der Waals surface area contributed by atoms with Gasteiger partial charge in [0, 0.05) is 39.9 Å². The first-order chi connectivity index (χ1) is 15.6. The highest BCUT2D eigenvalue weighted by Crippen LogP contribution is 2.42. The van der Waals surface area contributed by atoms with Crippen LogP contribution in [-0.2, 0) is 12.6 Å². The lowest BCUT2D eigenvalue weighted by molar-refractivity contribution is -0.141. The highest BCUT2D eigenvalue weighted by molar-refractivity contribution is 9.10. The van der Waals surface area contributed by atoms with Gasteiger partial charge in [-0.15, -0.1) is 0 Å². The molecule has 4 nitrogen and oxygen atoms in total. The number of halogens is 7. The third kappa shape index (κ3) is 3.74. The summed E-state index contributed by atoms with van der Waals surface area (Å²) in [6, 6.07) is 7.72. The molecular formula is C22H13BrClF5N4. The van der Waals surface area contributed by atoms with Crippen LogP contribution in [0.3, 0.4) is 0 Å². The summed E-state index contributed by atoms with van der Waals surface area (Å²) in [7, 11) is 0. The number of H-pyrrole nitrogens is 1. The van der Waals surface area contributed by atoms with Crippen LogP contribution in [0.25, 0.3) is 10.9 Å². The van der Waals surface area contributed by atoms with Gasteiger partial charge in [0.15, 0.2) is 11.6 Å². The lowest BCUT2D eigenvalue weighted by Crippen LogP contribution is -2.38. The van der Waals surface area contributed by atoms with Gasteiger partial charge < -0.3 is 9.88 Å². The van der Waals surface area contributed by atoms with Crippen molar-refractivity contribution in [3.63, 3.8) is 0 Å². The second-order valence-corrected chi connectivity index (χ2v) is 8.85. The van der Waals surface area contributed by atoms with Crippen LogP contribution < -0.4 is 4.90 Å². The molecule has 0 radical (unpaired) electrons. The van der Waals surface area contributed by atoms with Crippen molar-refractivity contribution in [2.24, 2.45) is 0 Å². The largest absolute Gasteiger partial charge is 0.433 e.